The van der Waals surface area contributed by atoms with Crippen LogP contribution in [0.3, 0.4) is 0 Å². The number of nitrogens with zero attached hydrogens (tertiary/aromatic N) is 2. The summed E-state index contributed by atoms with van der Waals surface area (Å²) in [5.41, 5.74) is 7.50. The second kappa shape index (κ2) is 9.90. The zero-order valence-corrected chi connectivity index (χ0v) is 17.8. The Kier molecular flexibility index (Phi) is 7.04. The van der Waals surface area contributed by atoms with E-state index in [-0.39, 0.29) is 24.1 Å². The fraction of sp³-hybridized carbons (Fsp3) is 0.182. The molecule has 8 nitrogen and oxygen atoms in total. The van der Waals surface area contributed by atoms with Crippen molar-refractivity contribution in [3.63, 3.8) is 0 Å². The van der Waals surface area contributed by atoms with Gasteiger partial charge in [0.2, 0.25) is 0 Å². The summed E-state index contributed by atoms with van der Waals surface area (Å²) in [7, 11) is 0. The number of benzene rings is 1. The van der Waals surface area contributed by atoms with E-state index in [4.69, 9.17) is 22.1 Å². The average molecular weight is 440 g/mol. The van der Waals surface area contributed by atoms with Gasteiger partial charge in [-0.2, -0.15) is 0 Å². The van der Waals surface area contributed by atoms with Crippen LogP contribution >= 0.6 is 11.6 Å². The summed E-state index contributed by atoms with van der Waals surface area (Å²) in [6, 6.07) is 12.3. The molecule has 0 radical (unpaired) electrons. The predicted molar refractivity (Wildman–Crippen MR) is 120 cm³/mol. The van der Waals surface area contributed by atoms with Crippen molar-refractivity contribution in [2.24, 2.45) is 5.73 Å². The van der Waals surface area contributed by atoms with Crippen LogP contribution in [0.5, 0.6) is 0 Å². The Morgan fingerprint density at radius 3 is 2.42 bits per heavy atom. The van der Waals surface area contributed by atoms with E-state index in [0.29, 0.717) is 28.0 Å². The van der Waals surface area contributed by atoms with Gasteiger partial charge in [0.15, 0.2) is 0 Å². The van der Waals surface area contributed by atoms with Gasteiger partial charge in [-0.3, -0.25) is 9.59 Å². The first-order valence-corrected chi connectivity index (χ1v) is 9.92. The summed E-state index contributed by atoms with van der Waals surface area (Å²) >= 11 is 6.20. The van der Waals surface area contributed by atoms with Gasteiger partial charge in [-0.05, 0) is 37.6 Å². The van der Waals surface area contributed by atoms with Crippen molar-refractivity contribution in [3.05, 3.63) is 71.0 Å². The number of nitrogens with one attached hydrogen (secondary N) is 2. The molecule has 3 rings (SSSR count). The Morgan fingerprint density at radius 1 is 1.03 bits per heavy atom. The lowest BCUT2D eigenvalue weighted by molar-refractivity contribution is -0.146. The number of primary amides is 1. The van der Waals surface area contributed by atoms with Crippen molar-refractivity contribution in [1.29, 1.82) is 0 Å². The minimum absolute atomic E-state index is 0.142. The molecule has 0 bridgehead atoms. The van der Waals surface area contributed by atoms with Gasteiger partial charge in [-0.25, -0.2) is 9.97 Å². The number of esters is 1. The number of carbonyl (C=O) groups excluding carboxylic acids is 2. The number of halogens is 1. The molecule has 0 aliphatic rings. The highest BCUT2D eigenvalue weighted by Crippen LogP contribution is 2.28. The van der Waals surface area contributed by atoms with E-state index in [1.165, 1.54) is 6.20 Å². The molecule has 9 heteroatoms. The third kappa shape index (κ3) is 6.16. The first-order chi connectivity index (χ1) is 14.8. The van der Waals surface area contributed by atoms with Crippen LogP contribution < -0.4 is 16.4 Å². The summed E-state index contributed by atoms with van der Waals surface area (Å²) in [4.78, 5) is 32.1. The van der Waals surface area contributed by atoms with Crippen LogP contribution in [0.1, 0.15) is 29.8 Å². The van der Waals surface area contributed by atoms with Gasteiger partial charge in [-0.15, -0.1) is 0 Å². The Bertz CT molecular complexity index is 1090. The molecular weight excluding hydrogens is 418 g/mol. The van der Waals surface area contributed by atoms with E-state index in [1.54, 1.807) is 56.4 Å². The predicted octanol–water partition coefficient (Wildman–Crippen LogP) is 4.21. The van der Waals surface area contributed by atoms with Gasteiger partial charge in [0.05, 0.1) is 34.5 Å². The largest absolute Gasteiger partial charge is 0.463 e. The van der Waals surface area contributed by atoms with Crippen molar-refractivity contribution >= 4 is 46.5 Å². The average Bonchev–Trinajstić information content (AvgIpc) is 2.70. The molecular formula is C22H22ClN5O3. The van der Waals surface area contributed by atoms with E-state index in [0.717, 1.165) is 5.56 Å². The number of ether oxygens (including phenoxy) is 1. The van der Waals surface area contributed by atoms with Gasteiger partial charge < -0.3 is 21.1 Å². The smallest absolute Gasteiger partial charge is 0.310 e. The molecule has 0 aliphatic heterocycles. The van der Waals surface area contributed by atoms with E-state index in [2.05, 4.69) is 20.6 Å². The van der Waals surface area contributed by atoms with Crippen molar-refractivity contribution in [1.82, 2.24) is 9.97 Å². The number of anilines is 4. The monoisotopic (exact) mass is 439 g/mol. The molecule has 0 spiro atoms. The Balaban J connectivity index is 1.76. The normalized spacial score (nSPS) is 10.6. The minimum atomic E-state index is -0.621. The van der Waals surface area contributed by atoms with Crippen LogP contribution in [0.25, 0.3) is 0 Å². The summed E-state index contributed by atoms with van der Waals surface area (Å²) in [6.45, 7) is 3.60. The summed E-state index contributed by atoms with van der Waals surface area (Å²) in [5, 5.41) is 6.67. The number of rotatable bonds is 8. The maximum Gasteiger partial charge on any atom is 0.310 e. The minimum Gasteiger partial charge on any atom is -0.463 e. The summed E-state index contributed by atoms with van der Waals surface area (Å²) < 4.78 is 5.13. The van der Waals surface area contributed by atoms with Crippen molar-refractivity contribution < 1.29 is 14.3 Å². The molecule has 2 aromatic heterocycles. The third-order valence-electron chi connectivity index (χ3n) is 4.11. The van der Waals surface area contributed by atoms with Gasteiger partial charge in [0.1, 0.15) is 11.6 Å². The number of pyridine rings is 2. The van der Waals surface area contributed by atoms with E-state index < -0.39 is 5.91 Å². The molecule has 160 valence electrons. The first kappa shape index (κ1) is 22.0. The van der Waals surface area contributed by atoms with Gasteiger partial charge in [0.25, 0.3) is 5.91 Å². The Hall–Kier alpha value is -3.65. The van der Waals surface area contributed by atoms with E-state index in [9.17, 15) is 9.59 Å². The molecule has 0 atom stereocenters. The molecule has 0 aliphatic carbocycles. The molecule has 0 fully saturated rings. The topological polar surface area (TPSA) is 119 Å². The quantitative estimate of drug-likeness (QED) is 0.449. The zero-order valence-electron chi connectivity index (χ0n) is 17.1. The van der Waals surface area contributed by atoms with E-state index in [1.807, 2.05) is 6.07 Å². The van der Waals surface area contributed by atoms with Crippen LogP contribution in [0, 0.1) is 0 Å². The number of hydrogen-bond donors (Lipinski definition) is 3. The molecule has 1 aromatic carbocycles. The second-order valence-corrected chi connectivity index (χ2v) is 7.38. The van der Waals surface area contributed by atoms with Crippen LogP contribution in [0.4, 0.5) is 23.0 Å². The summed E-state index contributed by atoms with van der Waals surface area (Å²) in [5.74, 6) is 0.0314. The lowest BCUT2D eigenvalue weighted by Gasteiger charge is -2.13. The van der Waals surface area contributed by atoms with Crippen molar-refractivity contribution in [2.75, 3.05) is 10.6 Å². The van der Waals surface area contributed by atoms with Gasteiger partial charge >= 0.3 is 5.97 Å². The maximum atomic E-state index is 11.8. The van der Waals surface area contributed by atoms with Crippen LogP contribution in [0.2, 0.25) is 5.02 Å². The zero-order chi connectivity index (χ0) is 22.4. The number of aromatic nitrogens is 2. The molecule has 2 heterocycles. The first-order valence-electron chi connectivity index (χ1n) is 9.54. The number of nitrogens with two attached hydrogens (primary N) is 1. The highest BCUT2D eigenvalue weighted by molar-refractivity contribution is 6.33. The Labute approximate surface area is 184 Å². The lowest BCUT2D eigenvalue weighted by atomic mass is 10.2. The number of hydrogen-bond acceptors (Lipinski definition) is 7. The van der Waals surface area contributed by atoms with Crippen molar-refractivity contribution in [3.8, 4) is 0 Å². The maximum absolute atomic E-state index is 11.8. The highest BCUT2D eigenvalue weighted by atomic mass is 35.5. The molecule has 3 aromatic rings. The summed E-state index contributed by atoms with van der Waals surface area (Å²) in [6.07, 6.45) is 2.94. The fourth-order valence-electron chi connectivity index (χ4n) is 2.74. The molecule has 0 saturated heterocycles. The van der Waals surface area contributed by atoms with Crippen LogP contribution in [0.15, 0.2) is 54.9 Å². The SMILES string of the molecule is CC(C)OC(=O)Cc1ccc(Nc2cc(Nc3ccccc3Cl)c(C(N)=O)cn2)nc1. The second-order valence-electron chi connectivity index (χ2n) is 6.98. The third-order valence-corrected chi connectivity index (χ3v) is 4.44. The molecule has 1 amide bonds. The Morgan fingerprint density at radius 2 is 1.77 bits per heavy atom. The lowest BCUT2D eigenvalue weighted by Crippen LogP contribution is -2.14. The van der Waals surface area contributed by atoms with Crippen LogP contribution in [-0.4, -0.2) is 27.9 Å². The number of para-hydroxylation sites is 1. The molecule has 4 N–H and O–H groups in total. The standard InChI is InChI=1S/C22H22ClN5O3/c1-13(2)31-21(29)9-14-7-8-19(25-11-14)28-20-10-18(15(12-26-20)22(24)30)27-17-6-4-3-5-16(17)23/h3-8,10-13H,9H2,1-2H3,(H2,24,30)(H2,25,26,27,28). The molecule has 0 saturated carbocycles. The number of amides is 1. The highest BCUT2D eigenvalue weighted by Gasteiger charge is 2.13. The molecule has 0 unspecified atom stereocenters. The van der Waals surface area contributed by atoms with E-state index >= 15 is 0 Å². The molecule has 31 heavy (non-hydrogen) atoms. The fourth-order valence-corrected chi connectivity index (χ4v) is 2.92. The van der Waals surface area contributed by atoms with Gasteiger partial charge in [-0.1, -0.05) is 29.8 Å². The van der Waals surface area contributed by atoms with Crippen molar-refractivity contribution in [2.45, 2.75) is 26.4 Å². The number of carbonyl (C=O) groups is 2. The van der Waals surface area contributed by atoms with Gasteiger partial charge in [0, 0.05) is 18.5 Å². The van der Waals surface area contributed by atoms with Crippen LogP contribution in [-0.2, 0) is 16.0 Å².